The molecule has 0 radical (unpaired) electrons. The van der Waals surface area contributed by atoms with E-state index in [-0.39, 0.29) is 24.2 Å². The number of ether oxygens (including phenoxy) is 2. The average molecular weight is 392 g/mol. The Kier molecular flexibility index (Phi) is 3.81. The smallest absolute Gasteiger partial charge is 0.339 e. The minimum Gasteiger partial charge on any atom is -0.506 e. The predicted molar refractivity (Wildman–Crippen MR) is 108 cm³/mol. The van der Waals surface area contributed by atoms with Crippen molar-refractivity contribution >= 4 is 16.7 Å². The monoisotopic (exact) mass is 392 g/mol. The third kappa shape index (κ3) is 2.65. The van der Waals surface area contributed by atoms with Crippen molar-refractivity contribution < 1.29 is 19.0 Å². The van der Waals surface area contributed by atoms with Gasteiger partial charge in [0, 0.05) is 17.5 Å². The van der Waals surface area contributed by atoms with E-state index < -0.39 is 0 Å². The number of benzene rings is 2. The lowest BCUT2D eigenvalue weighted by molar-refractivity contribution is 0.174. The summed E-state index contributed by atoms with van der Waals surface area (Å²) in [6, 6.07) is 7.58. The van der Waals surface area contributed by atoms with Gasteiger partial charge in [-0.3, -0.25) is 0 Å². The number of nitrogens with one attached hydrogen (secondary N) is 1. The SMILES string of the molecule is Cc1cc2oc(=O)c(C)c(C)c2c(O)c1C1=NNC(c2ccc3c(c2)OCO3)C1. The van der Waals surface area contributed by atoms with Crippen molar-refractivity contribution in [1.82, 2.24) is 5.43 Å². The molecule has 0 spiro atoms. The molecule has 7 nitrogen and oxygen atoms in total. The van der Waals surface area contributed by atoms with Crippen molar-refractivity contribution in [3.05, 3.63) is 62.5 Å². The molecule has 3 heterocycles. The Bertz CT molecular complexity index is 1260. The number of nitrogens with zero attached hydrogens (tertiary/aromatic N) is 1. The number of aryl methyl sites for hydroxylation is 2. The minimum absolute atomic E-state index is 0.0365. The number of hydrazone groups is 1. The Morgan fingerprint density at radius 1 is 1.10 bits per heavy atom. The van der Waals surface area contributed by atoms with Crippen molar-refractivity contribution in [3.63, 3.8) is 0 Å². The van der Waals surface area contributed by atoms with Gasteiger partial charge in [0.15, 0.2) is 11.5 Å². The van der Waals surface area contributed by atoms with Crippen LogP contribution in [0.1, 0.15) is 40.3 Å². The van der Waals surface area contributed by atoms with E-state index in [1.165, 1.54) is 0 Å². The summed E-state index contributed by atoms with van der Waals surface area (Å²) in [6.07, 6.45) is 0.606. The van der Waals surface area contributed by atoms with E-state index >= 15 is 0 Å². The van der Waals surface area contributed by atoms with Crippen LogP contribution < -0.4 is 20.5 Å². The Morgan fingerprint density at radius 3 is 2.72 bits per heavy atom. The van der Waals surface area contributed by atoms with Crippen LogP contribution in [-0.2, 0) is 0 Å². The van der Waals surface area contributed by atoms with Crippen LogP contribution in [0.4, 0.5) is 0 Å². The third-order valence-electron chi connectivity index (χ3n) is 5.75. The summed E-state index contributed by atoms with van der Waals surface area (Å²) < 4.78 is 16.2. The Labute approximate surface area is 166 Å². The van der Waals surface area contributed by atoms with Crippen LogP contribution in [0.25, 0.3) is 11.0 Å². The molecule has 2 N–H and O–H groups in total. The lowest BCUT2D eigenvalue weighted by Gasteiger charge is -2.14. The fourth-order valence-electron chi connectivity index (χ4n) is 4.01. The number of phenolic OH excluding ortho intramolecular Hbond substituents is 1. The van der Waals surface area contributed by atoms with Crippen LogP contribution in [0, 0.1) is 20.8 Å². The molecule has 5 rings (SSSR count). The van der Waals surface area contributed by atoms with Gasteiger partial charge in [-0.25, -0.2) is 4.79 Å². The Hall–Kier alpha value is -3.48. The van der Waals surface area contributed by atoms with Gasteiger partial charge in [0.2, 0.25) is 6.79 Å². The van der Waals surface area contributed by atoms with Gasteiger partial charge in [-0.2, -0.15) is 5.10 Å². The second kappa shape index (κ2) is 6.27. The van der Waals surface area contributed by atoms with Crippen LogP contribution in [-0.4, -0.2) is 17.6 Å². The summed E-state index contributed by atoms with van der Waals surface area (Å²) in [7, 11) is 0. The summed E-state index contributed by atoms with van der Waals surface area (Å²) in [5.41, 5.74) is 7.63. The molecule has 0 amide bonds. The van der Waals surface area contributed by atoms with E-state index in [1.54, 1.807) is 13.0 Å². The highest BCUT2D eigenvalue weighted by Gasteiger charge is 2.27. The van der Waals surface area contributed by atoms with Crippen LogP contribution in [0.5, 0.6) is 17.2 Å². The number of aromatic hydroxyl groups is 1. The lowest BCUT2D eigenvalue weighted by Crippen LogP contribution is -2.10. The minimum atomic E-state index is -0.385. The van der Waals surface area contributed by atoms with Gasteiger partial charge in [-0.05, 0) is 55.7 Å². The average Bonchev–Trinajstić information content (AvgIpc) is 3.34. The maximum atomic E-state index is 12.0. The van der Waals surface area contributed by atoms with Gasteiger partial charge in [0.25, 0.3) is 0 Å². The standard InChI is InChI=1S/C22H20N2O5/c1-10-6-18-20(11(2)12(3)22(26)29-18)21(25)19(10)15-8-14(23-24-15)13-4-5-16-17(7-13)28-9-27-16/h4-7,14,23,25H,8-9H2,1-3H3. The third-order valence-corrected chi connectivity index (χ3v) is 5.75. The number of rotatable bonds is 2. The Balaban J connectivity index is 1.54. The summed E-state index contributed by atoms with van der Waals surface area (Å²) >= 11 is 0. The zero-order valence-electron chi connectivity index (χ0n) is 16.3. The fraction of sp³-hybridized carbons (Fsp3) is 0.273. The molecule has 29 heavy (non-hydrogen) atoms. The van der Waals surface area contributed by atoms with Crippen molar-refractivity contribution in [2.75, 3.05) is 6.79 Å². The molecule has 1 atom stereocenters. The molecule has 2 aliphatic heterocycles. The first-order chi connectivity index (χ1) is 13.9. The zero-order chi connectivity index (χ0) is 20.3. The van der Waals surface area contributed by atoms with Gasteiger partial charge in [-0.15, -0.1) is 0 Å². The van der Waals surface area contributed by atoms with Crippen LogP contribution in [0.2, 0.25) is 0 Å². The maximum absolute atomic E-state index is 12.0. The molecule has 0 saturated carbocycles. The molecular weight excluding hydrogens is 372 g/mol. The van der Waals surface area contributed by atoms with Gasteiger partial charge in [0.05, 0.1) is 17.1 Å². The summed E-state index contributed by atoms with van der Waals surface area (Å²) in [6.45, 7) is 5.62. The van der Waals surface area contributed by atoms with Crippen molar-refractivity contribution in [2.45, 2.75) is 33.2 Å². The molecule has 0 fully saturated rings. The molecule has 0 bridgehead atoms. The van der Waals surface area contributed by atoms with Crippen molar-refractivity contribution in [3.8, 4) is 17.2 Å². The fourth-order valence-corrected chi connectivity index (χ4v) is 4.01. The highest BCUT2D eigenvalue weighted by Crippen LogP contribution is 2.39. The lowest BCUT2D eigenvalue weighted by atomic mass is 9.93. The van der Waals surface area contributed by atoms with Gasteiger partial charge in [0.1, 0.15) is 11.3 Å². The molecule has 0 saturated heterocycles. The van der Waals surface area contributed by atoms with Crippen LogP contribution in [0.15, 0.2) is 38.6 Å². The van der Waals surface area contributed by atoms with Crippen molar-refractivity contribution in [1.29, 1.82) is 0 Å². The first kappa shape index (κ1) is 17.6. The van der Waals surface area contributed by atoms with E-state index in [9.17, 15) is 9.90 Å². The molecule has 0 aliphatic carbocycles. The van der Waals surface area contributed by atoms with E-state index in [0.29, 0.717) is 34.1 Å². The van der Waals surface area contributed by atoms with Crippen molar-refractivity contribution in [2.24, 2.45) is 5.10 Å². The van der Waals surface area contributed by atoms with Gasteiger partial charge in [-0.1, -0.05) is 6.07 Å². The zero-order valence-corrected chi connectivity index (χ0v) is 16.3. The molecule has 1 unspecified atom stereocenters. The van der Waals surface area contributed by atoms with E-state index in [4.69, 9.17) is 13.9 Å². The number of phenols is 1. The summed E-state index contributed by atoms with van der Waals surface area (Å²) in [5, 5.41) is 16.1. The van der Waals surface area contributed by atoms with E-state index in [0.717, 1.165) is 28.3 Å². The second-order valence-corrected chi connectivity index (χ2v) is 7.49. The molecule has 1 aromatic heterocycles. The number of hydrogen-bond donors (Lipinski definition) is 2. The molecule has 2 aliphatic rings. The quantitative estimate of drug-likeness (QED) is 0.648. The molecule has 2 aromatic carbocycles. The van der Waals surface area contributed by atoms with Gasteiger partial charge >= 0.3 is 5.63 Å². The summed E-state index contributed by atoms with van der Waals surface area (Å²) in [5.74, 6) is 1.56. The second-order valence-electron chi connectivity index (χ2n) is 7.49. The van der Waals surface area contributed by atoms with E-state index in [1.807, 2.05) is 32.0 Å². The first-order valence-corrected chi connectivity index (χ1v) is 9.42. The van der Waals surface area contributed by atoms with Crippen LogP contribution in [0.3, 0.4) is 0 Å². The Morgan fingerprint density at radius 2 is 1.90 bits per heavy atom. The normalized spacial score (nSPS) is 17.5. The first-order valence-electron chi connectivity index (χ1n) is 9.42. The highest BCUT2D eigenvalue weighted by molar-refractivity contribution is 6.09. The summed E-state index contributed by atoms with van der Waals surface area (Å²) in [4.78, 5) is 12.0. The van der Waals surface area contributed by atoms with Crippen LogP contribution >= 0.6 is 0 Å². The number of hydrogen-bond acceptors (Lipinski definition) is 7. The maximum Gasteiger partial charge on any atom is 0.339 e. The molecular formula is C22H20N2O5. The highest BCUT2D eigenvalue weighted by atomic mass is 16.7. The van der Waals surface area contributed by atoms with Gasteiger partial charge < -0.3 is 24.4 Å². The molecule has 3 aromatic rings. The van der Waals surface area contributed by atoms with E-state index in [2.05, 4.69) is 10.5 Å². The number of fused-ring (bicyclic) bond motifs is 2. The topological polar surface area (TPSA) is 93.3 Å². The largest absolute Gasteiger partial charge is 0.506 e. The predicted octanol–water partition coefficient (Wildman–Crippen LogP) is 3.59. The molecule has 148 valence electrons. The molecule has 7 heteroatoms.